The fourth-order valence-corrected chi connectivity index (χ4v) is 7.68. The van der Waals surface area contributed by atoms with Crippen LogP contribution in [0, 0.1) is 11.8 Å². The number of piperidine rings is 1. The van der Waals surface area contributed by atoms with Gasteiger partial charge in [-0.3, -0.25) is 14.7 Å². The van der Waals surface area contributed by atoms with Crippen molar-refractivity contribution in [3.8, 4) is 0 Å². The van der Waals surface area contributed by atoms with Crippen molar-refractivity contribution in [3.63, 3.8) is 0 Å². The predicted molar refractivity (Wildman–Crippen MR) is 172 cm³/mol. The van der Waals surface area contributed by atoms with Gasteiger partial charge in [-0.15, -0.1) is 0 Å². The van der Waals surface area contributed by atoms with Crippen LogP contribution in [-0.4, -0.2) is 69.6 Å². The van der Waals surface area contributed by atoms with E-state index < -0.39 is 0 Å². The van der Waals surface area contributed by atoms with E-state index in [-0.39, 0.29) is 25.9 Å². The summed E-state index contributed by atoms with van der Waals surface area (Å²) in [6, 6.07) is 0. The molecule has 2 heterocycles. The van der Waals surface area contributed by atoms with Gasteiger partial charge in [0.2, 0.25) is 0 Å². The monoisotopic (exact) mass is 526 g/mol. The summed E-state index contributed by atoms with van der Waals surface area (Å²) in [5.41, 5.74) is 1.56. The fraction of sp³-hybridized carbons (Fsp3) is 1.00. The molecule has 6 unspecified atom stereocenters. The van der Waals surface area contributed by atoms with Crippen LogP contribution in [0.15, 0.2) is 0 Å². The van der Waals surface area contributed by atoms with E-state index >= 15 is 0 Å². The standard InChI is InChI=1S/C16H34N2.C16H33N.2CH4/c1-9-12-18-13-15(6,10-2)17(8)16(7,11-3)14(18,4)5;1-8-11-14-12-15(5,9-2)17(7)16(6,10-3)13(14)4;;/h9-13H2,1-8H3;13-14H,8-12H2,1-7H3;2*1H4. The fourth-order valence-electron chi connectivity index (χ4n) is 7.68. The lowest BCUT2D eigenvalue weighted by Gasteiger charge is -2.66. The molecule has 0 N–H and O–H groups in total. The Bertz CT molecular complexity index is 647. The van der Waals surface area contributed by atoms with Gasteiger partial charge in [0.1, 0.15) is 0 Å². The highest BCUT2D eigenvalue weighted by Crippen LogP contribution is 2.48. The molecule has 3 heteroatoms. The zero-order valence-corrected chi connectivity index (χ0v) is 27.1. The van der Waals surface area contributed by atoms with Crippen LogP contribution < -0.4 is 0 Å². The Balaban J connectivity index is 0. The van der Waals surface area contributed by atoms with Gasteiger partial charge in [-0.05, 0) is 113 Å². The molecule has 2 aliphatic rings. The summed E-state index contributed by atoms with van der Waals surface area (Å²) in [6.07, 6.45) is 10.3. The molecule has 2 fully saturated rings. The molecule has 6 atom stereocenters. The summed E-state index contributed by atoms with van der Waals surface area (Å²) in [6.45, 7) is 33.6. The molecule has 0 aromatic heterocycles. The first-order valence-electron chi connectivity index (χ1n) is 15.3. The van der Waals surface area contributed by atoms with Crippen LogP contribution in [0.5, 0.6) is 0 Å². The van der Waals surface area contributed by atoms with E-state index in [1.165, 1.54) is 64.5 Å². The second kappa shape index (κ2) is 14.5. The highest BCUT2D eigenvalue weighted by Gasteiger charge is 2.55. The SMILES string of the molecule is C.C.CCCC1CC(C)(CC)N(C)C(C)(CC)C1C.CCCN1CC(C)(CC)N(C)C(C)(CC)C1(C)C. The van der Waals surface area contributed by atoms with Gasteiger partial charge in [0, 0.05) is 34.2 Å². The molecule has 2 aliphatic heterocycles. The lowest BCUT2D eigenvalue weighted by atomic mass is 9.63. The number of piperazine rings is 1. The third-order valence-electron chi connectivity index (χ3n) is 12.2. The van der Waals surface area contributed by atoms with Gasteiger partial charge in [0.15, 0.2) is 0 Å². The topological polar surface area (TPSA) is 9.72 Å². The third-order valence-corrected chi connectivity index (χ3v) is 12.2. The van der Waals surface area contributed by atoms with Crippen molar-refractivity contribution in [2.75, 3.05) is 27.2 Å². The van der Waals surface area contributed by atoms with Crippen LogP contribution in [0.3, 0.4) is 0 Å². The Hall–Kier alpha value is -0.120. The van der Waals surface area contributed by atoms with Crippen LogP contribution in [0.2, 0.25) is 0 Å². The molecule has 2 rings (SSSR count). The van der Waals surface area contributed by atoms with E-state index in [0.717, 1.165) is 11.8 Å². The van der Waals surface area contributed by atoms with Gasteiger partial charge in [0.25, 0.3) is 0 Å². The van der Waals surface area contributed by atoms with Crippen molar-refractivity contribution in [1.82, 2.24) is 14.7 Å². The van der Waals surface area contributed by atoms with Crippen molar-refractivity contribution >= 4 is 0 Å². The molecule has 0 aromatic carbocycles. The lowest BCUT2D eigenvalue weighted by Crippen LogP contribution is -2.77. The summed E-state index contributed by atoms with van der Waals surface area (Å²) in [5.74, 6) is 1.73. The second-order valence-corrected chi connectivity index (χ2v) is 13.7. The zero-order chi connectivity index (χ0) is 27.5. The minimum atomic E-state index is 0. The molecule has 0 amide bonds. The summed E-state index contributed by atoms with van der Waals surface area (Å²) in [4.78, 5) is 8.07. The quantitative estimate of drug-likeness (QED) is 0.312. The average Bonchev–Trinajstić information content (AvgIpc) is 2.84. The Kier molecular flexibility index (Phi) is 15.3. The van der Waals surface area contributed by atoms with Crippen molar-refractivity contribution in [1.29, 1.82) is 0 Å². The summed E-state index contributed by atoms with van der Waals surface area (Å²) in [5, 5.41) is 0. The molecule has 0 spiro atoms. The number of likely N-dealkylation sites (N-methyl/N-ethyl adjacent to an activating group) is 1. The lowest BCUT2D eigenvalue weighted by molar-refractivity contribution is -0.149. The Labute approximate surface area is 237 Å². The minimum absolute atomic E-state index is 0. The maximum Gasteiger partial charge on any atom is 0.0360 e. The molecule has 37 heavy (non-hydrogen) atoms. The highest BCUT2D eigenvalue weighted by atomic mass is 15.4. The molecule has 0 radical (unpaired) electrons. The van der Waals surface area contributed by atoms with E-state index in [1.54, 1.807) is 0 Å². The van der Waals surface area contributed by atoms with Gasteiger partial charge in [-0.1, -0.05) is 76.2 Å². The van der Waals surface area contributed by atoms with Crippen molar-refractivity contribution in [2.45, 2.75) is 184 Å². The Morgan fingerprint density at radius 1 is 0.676 bits per heavy atom. The number of hydrogen-bond acceptors (Lipinski definition) is 3. The van der Waals surface area contributed by atoms with Gasteiger partial charge in [-0.25, -0.2) is 0 Å². The third kappa shape index (κ3) is 6.97. The van der Waals surface area contributed by atoms with Crippen LogP contribution in [0.1, 0.15) is 156 Å². The average molecular weight is 526 g/mol. The normalized spacial score (nSPS) is 38.7. The molecular weight excluding hydrogens is 450 g/mol. The Morgan fingerprint density at radius 2 is 1.19 bits per heavy atom. The van der Waals surface area contributed by atoms with E-state index in [4.69, 9.17) is 0 Å². The van der Waals surface area contributed by atoms with Crippen molar-refractivity contribution in [2.24, 2.45) is 11.8 Å². The molecule has 2 saturated heterocycles. The number of rotatable bonds is 8. The molecular formula is C34H75N3. The van der Waals surface area contributed by atoms with E-state index in [1.807, 2.05) is 0 Å². The van der Waals surface area contributed by atoms with Crippen LogP contribution in [0.25, 0.3) is 0 Å². The van der Waals surface area contributed by atoms with E-state index in [0.29, 0.717) is 16.6 Å². The summed E-state index contributed by atoms with van der Waals surface area (Å²) >= 11 is 0. The number of nitrogens with zero attached hydrogens (tertiary/aromatic N) is 3. The minimum Gasteiger partial charge on any atom is -0.295 e. The van der Waals surface area contributed by atoms with E-state index in [2.05, 4.69) is 119 Å². The van der Waals surface area contributed by atoms with E-state index in [9.17, 15) is 0 Å². The molecule has 3 nitrogen and oxygen atoms in total. The van der Waals surface area contributed by atoms with Crippen LogP contribution in [-0.2, 0) is 0 Å². The maximum absolute atomic E-state index is 2.72. The van der Waals surface area contributed by atoms with Crippen LogP contribution in [0.4, 0.5) is 0 Å². The first-order valence-corrected chi connectivity index (χ1v) is 15.3. The molecule has 226 valence electrons. The number of likely N-dealkylation sites (tertiary alicyclic amines) is 1. The van der Waals surface area contributed by atoms with Gasteiger partial charge in [0.05, 0.1) is 0 Å². The van der Waals surface area contributed by atoms with Gasteiger partial charge >= 0.3 is 0 Å². The summed E-state index contributed by atoms with van der Waals surface area (Å²) in [7, 11) is 4.68. The largest absolute Gasteiger partial charge is 0.295 e. The maximum atomic E-state index is 2.72. The first kappa shape index (κ1) is 39.0. The molecule has 0 aliphatic carbocycles. The van der Waals surface area contributed by atoms with Crippen LogP contribution >= 0.6 is 0 Å². The zero-order valence-electron chi connectivity index (χ0n) is 27.1. The molecule has 0 aromatic rings. The number of hydrogen-bond donors (Lipinski definition) is 0. The second-order valence-electron chi connectivity index (χ2n) is 13.7. The molecule has 0 saturated carbocycles. The molecule has 0 bridgehead atoms. The Morgan fingerprint density at radius 3 is 1.57 bits per heavy atom. The van der Waals surface area contributed by atoms with Gasteiger partial charge in [-0.2, -0.15) is 0 Å². The predicted octanol–water partition coefficient (Wildman–Crippen LogP) is 9.74. The first-order chi connectivity index (χ1) is 16.0. The van der Waals surface area contributed by atoms with Gasteiger partial charge < -0.3 is 0 Å². The van der Waals surface area contributed by atoms with Crippen molar-refractivity contribution in [3.05, 3.63) is 0 Å². The summed E-state index contributed by atoms with van der Waals surface area (Å²) < 4.78 is 0. The smallest absolute Gasteiger partial charge is 0.0360 e. The highest BCUT2D eigenvalue weighted by molar-refractivity contribution is 5.13. The van der Waals surface area contributed by atoms with Crippen molar-refractivity contribution < 1.29 is 0 Å².